The van der Waals surface area contributed by atoms with E-state index in [-0.39, 0.29) is 12.5 Å². The smallest absolute Gasteiger partial charge is 0.308 e. The van der Waals surface area contributed by atoms with Gasteiger partial charge in [0.1, 0.15) is 0 Å². The fourth-order valence-corrected chi connectivity index (χ4v) is 2.60. The molecule has 0 aliphatic heterocycles. The molecule has 0 spiro atoms. The molecule has 0 bridgehead atoms. The molecule has 1 atom stereocenters. The zero-order chi connectivity index (χ0) is 14.8. The second kappa shape index (κ2) is 5.95. The number of carbonyl (C=O) groups is 2. The molecule has 0 heterocycles. The lowest BCUT2D eigenvalue weighted by atomic mass is 9.94. The second-order valence-electron chi connectivity index (χ2n) is 5.24. The van der Waals surface area contributed by atoms with Gasteiger partial charge in [0.2, 0.25) is 5.91 Å². The summed E-state index contributed by atoms with van der Waals surface area (Å²) in [5, 5.41) is 11.8. The quantitative estimate of drug-likeness (QED) is 0.837. The van der Waals surface area contributed by atoms with Crippen LogP contribution in [0.1, 0.15) is 31.7 Å². The van der Waals surface area contributed by atoms with Gasteiger partial charge in [0.25, 0.3) is 0 Å². The third-order valence-electron chi connectivity index (χ3n) is 3.93. The molecule has 2 N–H and O–H groups in total. The molecule has 1 unspecified atom stereocenters. The summed E-state index contributed by atoms with van der Waals surface area (Å²) in [6, 6.07) is 7.75. The first-order valence-electron chi connectivity index (χ1n) is 6.77. The fraction of sp³-hybridized carbons (Fsp3) is 0.467. The summed E-state index contributed by atoms with van der Waals surface area (Å²) >= 11 is 3.38. The molecule has 0 saturated heterocycles. The molecular formula is C15H18BrNO3. The van der Waals surface area contributed by atoms with Crippen molar-refractivity contribution in [2.24, 2.45) is 5.92 Å². The number of benzene rings is 1. The molecule has 1 aromatic carbocycles. The minimum atomic E-state index is -0.860. The van der Waals surface area contributed by atoms with E-state index >= 15 is 0 Å². The molecule has 1 aliphatic carbocycles. The zero-order valence-electron chi connectivity index (χ0n) is 11.4. The maximum atomic E-state index is 12.3. The Kier molecular flexibility index (Phi) is 4.48. The van der Waals surface area contributed by atoms with E-state index in [9.17, 15) is 9.59 Å². The van der Waals surface area contributed by atoms with Crippen LogP contribution < -0.4 is 5.32 Å². The minimum absolute atomic E-state index is 0.0560. The molecular weight excluding hydrogens is 322 g/mol. The average molecular weight is 340 g/mol. The van der Waals surface area contributed by atoms with Gasteiger partial charge in [-0.05, 0) is 37.0 Å². The van der Waals surface area contributed by atoms with E-state index < -0.39 is 17.3 Å². The highest BCUT2D eigenvalue weighted by Gasteiger charge is 2.51. The van der Waals surface area contributed by atoms with Gasteiger partial charge in [0.05, 0.1) is 11.3 Å². The summed E-state index contributed by atoms with van der Waals surface area (Å²) in [5.41, 5.74) is 0.555. The fourth-order valence-electron chi connectivity index (χ4n) is 2.33. The van der Waals surface area contributed by atoms with Crippen LogP contribution in [0.25, 0.3) is 0 Å². The van der Waals surface area contributed by atoms with Crippen LogP contribution in [0.2, 0.25) is 0 Å². The molecule has 1 aromatic rings. The van der Waals surface area contributed by atoms with Crippen molar-refractivity contribution in [3.63, 3.8) is 0 Å². The van der Waals surface area contributed by atoms with Crippen LogP contribution in [0.5, 0.6) is 0 Å². The van der Waals surface area contributed by atoms with Gasteiger partial charge in [-0.25, -0.2) is 0 Å². The highest BCUT2D eigenvalue weighted by atomic mass is 79.9. The van der Waals surface area contributed by atoms with E-state index in [4.69, 9.17) is 5.11 Å². The summed E-state index contributed by atoms with van der Waals surface area (Å²) in [6.45, 7) is 2.01. The predicted octanol–water partition coefficient (Wildman–Crippen LogP) is 2.71. The number of nitrogens with one attached hydrogen (secondary N) is 1. The Morgan fingerprint density at radius 1 is 1.35 bits per heavy atom. The monoisotopic (exact) mass is 339 g/mol. The van der Waals surface area contributed by atoms with Crippen molar-refractivity contribution in [1.82, 2.24) is 5.32 Å². The zero-order valence-corrected chi connectivity index (χ0v) is 12.9. The van der Waals surface area contributed by atoms with Crippen molar-refractivity contribution in [2.45, 2.75) is 31.6 Å². The highest BCUT2D eigenvalue weighted by molar-refractivity contribution is 9.10. The molecule has 2 rings (SSSR count). The molecule has 0 aromatic heterocycles. The number of hydrogen-bond acceptors (Lipinski definition) is 2. The molecule has 1 amide bonds. The Morgan fingerprint density at radius 2 is 1.95 bits per heavy atom. The SMILES string of the molecule is CCC(CNC(=O)C1(c2ccc(Br)cc2)CC1)C(=O)O. The second-order valence-corrected chi connectivity index (χ2v) is 6.16. The summed E-state index contributed by atoms with van der Waals surface area (Å²) in [6.07, 6.45) is 2.16. The summed E-state index contributed by atoms with van der Waals surface area (Å²) < 4.78 is 0.981. The van der Waals surface area contributed by atoms with Crippen LogP contribution in [0, 0.1) is 5.92 Å². The van der Waals surface area contributed by atoms with Crippen LogP contribution in [-0.2, 0) is 15.0 Å². The average Bonchev–Trinajstić information content (AvgIpc) is 3.21. The van der Waals surface area contributed by atoms with Crippen LogP contribution >= 0.6 is 15.9 Å². The molecule has 108 valence electrons. The maximum absolute atomic E-state index is 12.3. The van der Waals surface area contributed by atoms with Crippen molar-refractivity contribution in [3.8, 4) is 0 Å². The van der Waals surface area contributed by atoms with Gasteiger partial charge in [-0.2, -0.15) is 0 Å². The molecule has 5 heteroatoms. The molecule has 4 nitrogen and oxygen atoms in total. The highest BCUT2D eigenvalue weighted by Crippen LogP contribution is 2.48. The third-order valence-corrected chi connectivity index (χ3v) is 4.46. The van der Waals surface area contributed by atoms with E-state index in [0.717, 1.165) is 22.9 Å². The lowest BCUT2D eigenvalue weighted by Gasteiger charge is -2.18. The first-order chi connectivity index (χ1) is 9.49. The van der Waals surface area contributed by atoms with E-state index in [1.165, 1.54) is 0 Å². The van der Waals surface area contributed by atoms with Crippen molar-refractivity contribution in [3.05, 3.63) is 34.3 Å². The number of rotatable bonds is 6. The van der Waals surface area contributed by atoms with Crippen LogP contribution in [0.15, 0.2) is 28.7 Å². The van der Waals surface area contributed by atoms with Gasteiger partial charge in [-0.3, -0.25) is 9.59 Å². The standard InChI is InChI=1S/C15H18BrNO3/c1-2-10(13(18)19)9-17-14(20)15(7-8-15)11-3-5-12(16)6-4-11/h3-6,10H,2,7-9H2,1H3,(H,17,20)(H,18,19). The number of hydrogen-bond donors (Lipinski definition) is 2. The first kappa shape index (κ1) is 15.0. The van der Waals surface area contributed by atoms with E-state index in [0.29, 0.717) is 6.42 Å². The van der Waals surface area contributed by atoms with Crippen molar-refractivity contribution < 1.29 is 14.7 Å². The molecule has 20 heavy (non-hydrogen) atoms. The molecule has 1 aliphatic rings. The Balaban J connectivity index is 2.02. The van der Waals surface area contributed by atoms with Crippen molar-refractivity contribution in [2.75, 3.05) is 6.54 Å². The van der Waals surface area contributed by atoms with Crippen molar-refractivity contribution >= 4 is 27.8 Å². The Hall–Kier alpha value is -1.36. The number of aliphatic carboxylic acids is 1. The summed E-state index contributed by atoms with van der Waals surface area (Å²) in [4.78, 5) is 23.3. The Labute approximate surface area is 126 Å². The largest absolute Gasteiger partial charge is 0.481 e. The third kappa shape index (κ3) is 3.03. The predicted molar refractivity (Wildman–Crippen MR) is 79.5 cm³/mol. The van der Waals surface area contributed by atoms with E-state index in [1.54, 1.807) is 0 Å². The maximum Gasteiger partial charge on any atom is 0.308 e. The van der Waals surface area contributed by atoms with Crippen LogP contribution in [0.3, 0.4) is 0 Å². The van der Waals surface area contributed by atoms with Gasteiger partial charge in [-0.1, -0.05) is 35.0 Å². The van der Waals surface area contributed by atoms with Crippen LogP contribution in [0.4, 0.5) is 0 Å². The van der Waals surface area contributed by atoms with Gasteiger partial charge >= 0.3 is 5.97 Å². The number of carboxylic acids is 1. The molecule has 0 radical (unpaired) electrons. The van der Waals surface area contributed by atoms with Gasteiger partial charge in [0, 0.05) is 11.0 Å². The summed E-state index contributed by atoms with van der Waals surface area (Å²) in [5.74, 6) is -1.43. The lowest BCUT2D eigenvalue weighted by Crippen LogP contribution is -2.39. The number of halogens is 1. The molecule has 1 saturated carbocycles. The molecule has 1 fully saturated rings. The Morgan fingerprint density at radius 3 is 2.40 bits per heavy atom. The normalized spacial score (nSPS) is 17.3. The topological polar surface area (TPSA) is 66.4 Å². The van der Waals surface area contributed by atoms with Gasteiger partial charge in [0.15, 0.2) is 0 Å². The van der Waals surface area contributed by atoms with Gasteiger partial charge < -0.3 is 10.4 Å². The van der Waals surface area contributed by atoms with Gasteiger partial charge in [-0.15, -0.1) is 0 Å². The number of carbonyl (C=O) groups excluding carboxylic acids is 1. The number of carboxylic acid groups (broad SMARTS) is 1. The first-order valence-corrected chi connectivity index (χ1v) is 7.56. The van der Waals surface area contributed by atoms with E-state index in [2.05, 4.69) is 21.2 Å². The number of amides is 1. The van der Waals surface area contributed by atoms with Crippen molar-refractivity contribution in [1.29, 1.82) is 0 Å². The lowest BCUT2D eigenvalue weighted by molar-refractivity contribution is -0.141. The summed E-state index contributed by atoms with van der Waals surface area (Å²) in [7, 11) is 0. The Bertz CT molecular complexity index is 508. The van der Waals surface area contributed by atoms with Crippen LogP contribution in [-0.4, -0.2) is 23.5 Å². The minimum Gasteiger partial charge on any atom is -0.481 e. The van der Waals surface area contributed by atoms with E-state index in [1.807, 2.05) is 31.2 Å².